The van der Waals surface area contributed by atoms with Crippen molar-refractivity contribution in [3.63, 3.8) is 0 Å². The predicted molar refractivity (Wildman–Crippen MR) is 72.8 cm³/mol. The second-order valence-corrected chi connectivity index (χ2v) is 4.56. The first-order valence-corrected chi connectivity index (χ1v) is 6.62. The van der Waals surface area contributed by atoms with Gasteiger partial charge in [-0.05, 0) is 17.5 Å². The Morgan fingerprint density at radius 1 is 1.58 bits per heavy atom. The Balaban J connectivity index is 1.91. The van der Waals surface area contributed by atoms with Crippen LogP contribution in [0.5, 0.6) is 0 Å². The lowest BCUT2D eigenvalue weighted by Crippen LogP contribution is -2.27. The Bertz CT molecular complexity index is 593. The van der Waals surface area contributed by atoms with Crippen LogP contribution < -0.4 is 5.32 Å². The second kappa shape index (κ2) is 6.73. The number of nitrogens with one attached hydrogen (secondary N) is 1. The number of aliphatic hydroxyl groups excluding tert-OH is 1. The highest BCUT2D eigenvalue weighted by atomic mass is 32.1. The molecule has 6 heteroatoms. The van der Waals surface area contributed by atoms with Gasteiger partial charge in [0.15, 0.2) is 0 Å². The number of hydrogen-bond donors (Lipinski definition) is 2. The van der Waals surface area contributed by atoms with Crippen LogP contribution in [0.2, 0.25) is 0 Å². The highest BCUT2D eigenvalue weighted by Gasteiger charge is 2.11. The van der Waals surface area contributed by atoms with Crippen molar-refractivity contribution < 1.29 is 9.90 Å². The van der Waals surface area contributed by atoms with Crippen molar-refractivity contribution in [3.05, 3.63) is 40.3 Å². The second-order valence-electron chi connectivity index (χ2n) is 3.65. The summed E-state index contributed by atoms with van der Waals surface area (Å²) < 4.78 is 1.75. The van der Waals surface area contributed by atoms with E-state index >= 15 is 0 Å². The van der Waals surface area contributed by atoms with E-state index in [0.717, 1.165) is 0 Å². The van der Waals surface area contributed by atoms with E-state index in [0.29, 0.717) is 23.5 Å². The average molecular weight is 275 g/mol. The van der Waals surface area contributed by atoms with Gasteiger partial charge in [0.2, 0.25) is 0 Å². The lowest BCUT2D eigenvalue weighted by Gasteiger charge is -2.04. The first-order valence-electron chi connectivity index (χ1n) is 5.74. The molecule has 0 aliphatic heterocycles. The van der Waals surface area contributed by atoms with E-state index in [9.17, 15) is 4.79 Å². The van der Waals surface area contributed by atoms with E-state index < -0.39 is 0 Å². The van der Waals surface area contributed by atoms with E-state index in [2.05, 4.69) is 22.3 Å². The van der Waals surface area contributed by atoms with Gasteiger partial charge in [0.25, 0.3) is 5.91 Å². The molecule has 0 aliphatic rings. The number of amides is 1. The average Bonchev–Trinajstić information content (AvgIpc) is 3.07. The number of rotatable bonds is 4. The molecule has 2 aromatic heterocycles. The molecular formula is C13H13N3O2S. The summed E-state index contributed by atoms with van der Waals surface area (Å²) in [4.78, 5) is 12.5. The van der Waals surface area contributed by atoms with Crippen molar-refractivity contribution in [2.75, 3.05) is 13.2 Å². The van der Waals surface area contributed by atoms with Crippen LogP contribution in [0, 0.1) is 11.8 Å². The molecule has 5 nitrogen and oxygen atoms in total. The lowest BCUT2D eigenvalue weighted by atomic mass is 10.2. The van der Waals surface area contributed by atoms with Crippen molar-refractivity contribution >= 4 is 17.2 Å². The molecule has 19 heavy (non-hydrogen) atoms. The zero-order chi connectivity index (χ0) is 13.5. The fourth-order valence-electron chi connectivity index (χ4n) is 1.52. The van der Waals surface area contributed by atoms with Crippen molar-refractivity contribution in [3.8, 4) is 11.8 Å². The Morgan fingerprint density at radius 3 is 3.21 bits per heavy atom. The van der Waals surface area contributed by atoms with E-state index in [1.165, 1.54) is 11.3 Å². The van der Waals surface area contributed by atoms with Crippen LogP contribution in [0.1, 0.15) is 15.2 Å². The van der Waals surface area contributed by atoms with Crippen LogP contribution in [-0.2, 0) is 6.54 Å². The van der Waals surface area contributed by atoms with Crippen LogP contribution in [-0.4, -0.2) is 33.9 Å². The molecule has 0 aliphatic carbocycles. The number of nitrogens with zero attached hydrogens (tertiary/aromatic N) is 2. The highest BCUT2D eigenvalue weighted by Crippen LogP contribution is 2.15. The van der Waals surface area contributed by atoms with Gasteiger partial charge < -0.3 is 10.4 Å². The number of hydrogen-bond acceptors (Lipinski definition) is 4. The highest BCUT2D eigenvalue weighted by molar-refractivity contribution is 7.12. The Labute approximate surface area is 114 Å². The molecule has 0 atom stereocenters. The maximum absolute atomic E-state index is 12.0. The fourth-order valence-corrected chi connectivity index (χ4v) is 2.28. The topological polar surface area (TPSA) is 67.2 Å². The Hall–Kier alpha value is -2.10. The molecule has 0 unspecified atom stereocenters. The minimum Gasteiger partial charge on any atom is -0.384 e. The minimum absolute atomic E-state index is 0.149. The predicted octanol–water partition coefficient (Wildman–Crippen LogP) is 0.718. The van der Waals surface area contributed by atoms with Gasteiger partial charge in [-0.1, -0.05) is 11.8 Å². The summed E-state index contributed by atoms with van der Waals surface area (Å²) in [6.45, 7) is 0.920. The molecule has 0 radical (unpaired) electrons. The quantitative estimate of drug-likeness (QED) is 0.808. The third-order valence-electron chi connectivity index (χ3n) is 2.36. The zero-order valence-corrected chi connectivity index (χ0v) is 11.0. The molecule has 1 amide bonds. The maximum Gasteiger partial charge on any atom is 0.262 e. The van der Waals surface area contributed by atoms with Crippen LogP contribution in [0.25, 0.3) is 0 Å². The van der Waals surface area contributed by atoms with Crippen molar-refractivity contribution in [1.82, 2.24) is 15.1 Å². The van der Waals surface area contributed by atoms with E-state index in [-0.39, 0.29) is 12.5 Å². The van der Waals surface area contributed by atoms with Crippen molar-refractivity contribution in [2.24, 2.45) is 0 Å². The molecule has 0 fully saturated rings. The van der Waals surface area contributed by atoms with Crippen LogP contribution >= 0.6 is 11.3 Å². The number of aliphatic hydroxyl groups is 1. The van der Waals surface area contributed by atoms with Crippen LogP contribution in [0.4, 0.5) is 0 Å². The molecule has 2 heterocycles. The van der Waals surface area contributed by atoms with E-state index in [1.54, 1.807) is 16.9 Å². The first-order chi connectivity index (χ1) is 9.31. The smallest absolute Gasteiger partial charge is 0.262 e. The molecule has 2 aromatic rings. The van der Waals surface area contributed by atoms with Gasteiger partial charge in [0.05, 0.1) is 6.54 Å². The molecule has 0 saturated carbocycles. The fraction of sp³-hybridized carbons (Fsp3) is 0.231. The SMILES string of the molecule is O=C(NCCn1cccn1)c1sccc1C#CCO. The molecule has 2 N–H and O–H groups in total. The number of aromatic nitrogens is 2. The standard InChI is InChI=1S/C13H13N3O2S/c17-9-1-3-11-4-10-19-12(11)13(18)14-6-8-16-7-2-5-15-16/h2,4-5,7,10,17H,6,8-9H2,(H,14,18). The van der Waals surface area contributed by atoms with E-state index in [1.807, 2.05) is 17.6 Å². The lowest BCUT2D eigenvalue weighted by molar-refractivity contribution is 0.0956. The summed E-state index contributed by atoms with van der Waals surface area (Å²) in [6.07, 6.45) is 3.54. The van der Waals surface area contributed by atoms with Gasteiger partial charge in [0.1, 0.15) is 11.5 Å². The summed E-state index contributed by atoms with van der Waals surface area (Å²) in [5, 5.41) is 17.3. The summed E-state index contributed by atoms with van der Waals surface area (Å²) in [5.74, 6) is 5.15. The van der Waals surface area contributed by atoms with Crippen LogP contribution in [0.15, 0.2) is 29.9 Å². The minimum atomic E-state index is -0.212. The molecule has 0 bridgehead atoms. The van der Waals surface area contributed by atoms with Gasteiger partial charge in [-0.25, -0.2) is 0 Å². The summed E-state index contributed by atoms with van der Waals surface area (Å²) in [7, 11) is 0. The molecule has 0 saturated heterocycles. The molecule has 98 valence electrons. The number of carbonyl (C=O) groups is 1. The molecule has 0 aromatic carbocycles. The van der Waals surface area contributed by atoms with Crippen molar-refractivity contribution in [1.29, 1.82) is 0 Å². The van der Waals surface area contributed by atoms with E-state index in [4.69, 9.17) is 5.11 Å². The van der Waals surface area contributed by atoms with Gasteiger partial charge in [-0.3, -0.25) is 9.48 Å². The summed E-state index contributed by atoms with van der Waals surface area (Å²) in [6, 6.07) is 3.61. The summed E-state index contributed by atoms with van der Waals surface area (Å²) in [5.41, 5.74) is 0.649. The zero-order valence-electron chi connectivity index (χ0n) is 10.2. The third-order valence-corrected chi connectivity index (χ3v) is 3.27. The normalized spacial score (nSPS) is 9.74. The monoisotopic (exact) mass is 275 g/mol. The third kappa shape index (κ3) is 3.68. The van der Waals surface area contributed by atoms with Crippen LogP contribution in [0.3, 0.4) is 0 Å². The number of carbonyl (C=O) groups excluding carboxylic acids is 1. The first kappa shape index (κ1) is 13.3. The summed E-state index contributed by atoms with van der Waals surface area (Å²) >= 11 is 1.34. The van der Waals surface area contributed by atoms with Gasteiger partial charge in [-0.2, -0.15) is 5.10 Å². The Morgan fingerprint density at radius 2 is 2.47 bits per heavy atom. The van der Waals surface area contributed by atoms with Gasteiger partial charge in [0, 0.05) is 24.5 Å². The number of thiophene rings is 1. The molecule has 0 spiro atoms. The molecule has 2 rings (SSSR count). The maximum atomic E-state index is 12.0. The largest absolute Gasteiger partial charge is 0.384 e. The molecular weight excluding hydrogens is 262 g/mol. The van der Waals surface area contributed by atoms with Gasteiger partial charge in [-0.15, -0.1) is 11.3 Å². The van der Waals surface area contributed by atoms with Crippen molar-refractivity contribution in [2.45, 2.75) is 6.54 Å². The Kier molecular flexibility index (Phi) is 4.72. The van der Waals surface area contributed by atoms with Gasteiger partial charge >= 0.3 is 0 Å².